The van der Waals surface area contributed by atoms with E-state index < -0.39 is 36.8 Å². The van der Waals surface area contributed by atoms with Gasteiger partial charge in [0.15, 0.2) is 4.87 Å². The van der Waals surface area contributed by atoms with Gasteiger partial charge < -0.3 is 10.3 Å². The highest BCUT2D eigenvalue weighted by atomic mass is 35.5. The third-order valence-corrected chi connectivity index (χ3v) is 8.16. The van der Waals surface area contributed by atoms with Crippen LogP contribution in [-0.2, 0) is 16.4 Å². The molecule has 2 aromatic carbocycles. The molecule has 1 aliphatic heterocycles. The maximum atomic E-state index is 14.9. The average molecular weight is 522 g/mol. The van der Waals surface area contributed by atoms with Gasteiger partial charge in [0.1, 0.15) is 11.4 Å². The minimum Gasteiger partial charge on any atom is -0.358 e. The van der Waals surface area contributed by atoms with Gasteiger partial charge in [-0.3, -0.25) is 14.6 Å². The summed E-state index contributed by atoms with van der Waals surface area (Å²) < 4.78 is 41.6. The summed E-state index contributed by atoms with van der Waals surface area (Å²) in [5.41, 5.74) is -0.556. The van der Waals surface area contributed by atoms with Gasteiger partial charge >= 0.3 is 0 Å². The number of hydrogen-bond acceptors (Lipinski definition) is 5. The van der Waals surface area contributed by atoms with E-state index in [0.29, 0.717) is 5.02 Å². The van der Waals surface area contributed by atoms with Crippen LogP contribution in [0.2, 0.25) is 5.02 Å². The Balaban J connectivity index is 1.73. The molecule has 1 amide bonds. The Morgan fingerprint density at radius 3 is 2.59 bits per heavy atom. The third-order valence-electron chi connectivity index (χ3n) is 5.49. The molecule has 11 heteroatoms. The Bertz CT molecular complexity index is 1490. The van der Waals surface area contributed by atoms with Gasteiger partial charge in [-0.25, -0.2) is 12.8 Å². The van der Waals surface area contributed by atoms with Crippen LogP contribution in [-0.4, -0.2) is 36.3 Å². The van der Waals surface area contributed by atoms with E-state index in [-0.39, 0.29) is 35.3 Å². The molecule has 1 unspecified atom stereocenters. The van der Waals surface area contributed by atoms with Crippen molar-refractivity contribution in [2.24, 2.45) is 4.99 Å². The molecule has 0 saturated heterocycles. The largest absolute Gasteiger partial charge is 0.358 e. The first-order valence-corrected chi connectivity index (χ1v) is 12.5. The van der Waals surface area contributed by atoms with Crippen molar-refractivity contribution in [3.05, 3.63) is 86.9 Å². The van der Waals surface area contributed by atoms with Gasteiger partial charge in [-0.2, -0.15) is 0 Å². The Kier molecular flexibility index (Phi) is 6.62. The van der Waals surface area contributed by atoms with Crippen molar-refractivity contribution in [3.63, 3.8) is 0 Å². The molecule has 1 aromatic heterocycles. The van der Waals surface area contributed by atoms with Gasteiger partial charge in [-0.05, 0) is 42.0 Å². The Morgan fingerprint density at radius 2 is 1.94 bits per heavy atom. The van der Waals surface area contributed by atoms with Crippen LogP contribution < -0.4 is 10.7 Å². The molecule has 0 aliphatic carbocycles. The molecule has 0 bridgehead atoms. The number of hydrogen-bond donors (Lipinski definition) is 2. The van der Waals surface area contributed by atoms with Crippen molar-refractivity contribution in [1.82, 2.24) is 10.3 Å². The number of benzene rings is 2. The monoisotopic (exact) mass is 521 g/mol. The van der Waals surface area contributed by atoms with E-state index >= 15 is 0 Å². The molecule has 0 saturated carbocycles. The van der Waals surface area contributed by atoms with Crippen molar-refractivity contribution in [2.75, 3.05) is 5.88 Å². The summed E-state index contributed by atoms with van der Waals surface area (Å²) in [4.78, 5) is 30.2. The van der Waals surface area contributed by atoms with Gasteiger partial charge in [0.05, 0.1) is 15.8 Å². The van der Waals surface area contributed by atoms with Gasteiger partial charge in [0.25, 0.3) is 5.91 Å². The number of amides is 1. The number of carbonyl (C=O) groups is 1. The smallest absolute Gasteiger partial charge is 0.257 e. The number of sulfone groups is 1. The molecule has 1 atom stereocenters. The molecular weight excluding hydrogens is 504 g/mol. The predicted molar refractivity (Wildman–Crippen MR) is 130 cm³/mol. The number of halogens is 3. The molecule has 0 radical (unpaired) electrons. The van der Waals surface area contributed by atoms with Crippen molar-refractivity contribution >= 4 is 56.1 Å². The minimum absolute atomic E-state index is 0.00447. The number of aromatic nitrogens is 1. The lowest BCUT2D eigenvalue weighted by Crippen LogP contribution is -2.34. The normalized spacial score (nSPS) is 17.4. The Hall–Kier alpha value is -3.01. The standard InChI is InChI=1S/C23H18Cl2FN3O4S/c24-8-7-23(6-1-9-29-23)34(32,33)16-10-17-20(19(26)11-16)27-13-18(21(17)30)22(31)28-12-14-2-4-15(25)5-3-14/h1-6,9-11,13H,7-8,12H2,(H,27,30)(H,28,31). The van der Waals surface area contributed by atoms with Crippen molar-refractivity contribution < 1.29 is 17.6 Å². The number of aromatic amines is 1. The lowest BCUT2D eigenvalue weighted by atomic mass is 10.1. The quantitative estimate of drug-likeness (QED) is 0.458. The average Bonchev–Trinajstić information content (AvgIpc) is 3.30. The lowest BCUT2D eigenvalue weighted by molar-refractivity contribution is 0.0949. The van der Waals surface area contributed by atoms with Crippen LogP contribution >= 0.6 is 23.2 Å². The van der Waals surface area contributed by atoms with Crippen molar-refractivity contribution in [2.45, 2.75) is 22.7 Å². The molecule has 176 valence electrons. The second kappa shape index (κ2) is 9.32. The number of aliphatic imine (C=N–C) groups is 1. The van der Waals surface area contributed by atoms with Crippen LogP contribution in [0, 0.1) is 5.82 Å². The number of pyridine rings is 1. The second-order valence-corrected chi connectivity index (χ2v) is 10.6. The van der Waals surface area contributed by atoms with Crippen LogP contribution in [0.1, 0.15) is 22.3 Å². The maximum absolute atomic E-state index is 14.9. The van der Waals surface area contributed by atoms with Crippen molar-refractivity contribution in [1.29, 1.82) is 0 Å². The second-order valence-electron chi connectivity index (χ2n) is 7.59. The summed E-state index contributed by atoms with van der Waals surface area (Å²) in [5.74, 6) is -1.66. The van der Waals surface area contributed by atoms with E-state index in [1.165, 1.54) is 18.4 Å². The zero-order valence-corrected chi connectivity index (χ0v) is 19.8. The van der Waals surface area contributed by atoms with E-state index in [4.69, 9.17) is 23.2 Å². The first-order chi connectivity index (χ1) is 16.2. The minimum atomic E-state index is -4.25. The summed E-state index contributed by atoms with van der Waals surface area (Å²) in [5, 5.41) is 2.88. The summed E-state index contributed by atoms with van der Waals surface area (Å²) in [6.45, 7) is 0.127. The highest BCUT2D eigenvalue weighted by molar-refractivity contribution is 7.93. The van der Waals surface area contributed by atoms with E-state index in [2.05, 4.69) is 15.3 Å². The molecule has 7 nitrogen and oxygen atoms in total. The zero-order valence-electron chi connectivity index (χ0n) is 17.5. The first-order valence-electron chi connectivity index (χ1n) is 10.1. The Labute approximate surface area is 204 Å². The number of fused-ring (bicyclic) bond motifs is 1. The fraction of sp³-hybridized carbons (Fsp3) is 0.174. The molecule has 34 heavy (non-hydrogen) atoms. The summed E-state index contributed by atoms with van der Waals surface area (Å²) in [6, 6.07) is 8.65. The third kappa shape index (κ3) is 4.26. The molecule has 2 N–H and O–H groups in total. The summed E-state index contributed by atoms with van der Waals surface area (Å²) in [7, 11) is -4.25. The number of H-pyrrole nitrogens is 1. The van der Waals surface area contributed by atoms with E-state index in [0.717, 1.165) is 23.9 Å². The van der Waals surface area contributed by atoms with Gasteiger partial charge in [0, 0.05) is 36.3 Å². The Morgan fingerprint density at radius 1 is 1.21 bits per heavy atom. The highest BCUT2D eigenvalue weighted by Crippen LogP contribution is 2.35. The first kappa shape index (κ1) is 24.1. The molecule has 2 heterocycles. The van der Waals surface area contributed by atoms with Crippen LogP contribution in [0.5, 0.6) is 0 Å². The summed E-state index contributed by atoms with van der Waals surface area (Å²) >= 11 is 11.6. The molecule has 4 rings (SSSR count). The molecule has 0 spiro atoms. The predicted octanol–water partition coefficient (Wildman–Crippen LogP) is 3.99. The van der Waals surface area contributed by atoms with Gasteiger partial charge in [0.2, 0.25) is 15.3 Å². The van der Waals surface area contributed by atoms with E-state index in [1.54, 1.807) is 24.3 Å². The zero-order chi connectivity index (χ0) is 24.5. The fourth-order valence-corrected chi connectivity index (χ4v) is 5.95. The molecular formula is C23H18Cl2FN3O4S. The van der Waals surface area contributed by atoms with Crippen LogP contribution in [0.3, 0.4) is 0 Å². The number of allylic oxidation sites excluding steroid dienone is 1. The van der Waals surface area contributed by atoms with Crippen LogP contribution in [0.15, 0.2) is 69.4 Å². The van der Waals surface area contributed by atoms with Crippen LogP contribution in [0.25, 0.3) is 10.9 Å². The molecule has 0 fully saturated rings. The fourth-order valence-electron chi connectivity index (χ4n) is 3.65. The topological polar surface area (TPSA) is 108 Å². The maximum Gasteiger partial charge on any atom is 0.257 e. The van der Waals surface area contributed by atoms with Gasteiger partial charge in [-0.1, -0.05) is 23.7 Å². The molecule has 1 aliphatic rings. The summed E-state index contributed by atoms with van der Waals surface area (Å²) in [6.07, 6.45) is 5.23. The number of rotatable bonds is 7. The SMILES string of the molecule is O=C(NCc1ccc(Cl)cc1)c1c[nH]c2c(F)cc(S(=O)(=O)C3(CCCl)C=CC=N3)cc2c1=O. The molecule has 3 aromatic rings. The lowest BCUT2D eigenvalue weighted by Gasteiger charge is -2.23. The van der Waals surface area contributed by atoms with Crippen LogP contribution in [0.4, 0.5) is 4.39 Å². The highest BCUT2D eigenvalue weighted by Gasteiger charge is 2.43. The van der Waals surface area contributed by atoms with E-state index in [9.17, 15) is 22.4 Å². The van der Waals surface area contributed by atoms with E-state index in [1.807, 2.05) is 0 Å². The van der Waals surface area contributed by atoms with Gasteiger partial charge in [-0.15, -0.1) is 11.6 Å². The number of carbonyl (C=O) groups excluding carboxylic acids is 1. The number of nitrogens with one attached hydrogen (secondary N) is 2. The van der Waals surface area contributed by atoms with Crippen molar-refractivity contribution in [3.8, 4) is 0 Å². The number of nitrogens with zero attached hydrogens (tertiary/aromatic N) is 1. The number of alkyl halides is 1.